The van der Waals surface area contributed by atoms with Gasteiger partial charge in [-0.25, -0.2) is 0 Å². The summed E-state index contributed by atoms with van der Waals surface area (Å²) < 4.78 is 11.8. The van der Waals surface area contributed by atoms with Gasteiger partial charge >= 0.3 is 0 Å². The molecule has 214 valence electrons. The maximum Gasteiger partial charge on any atom is 0.119 e. The molecule has 0 unspecified atom stereocenters. The molecule has 3 aromatic rings. The fourth-order valence-electron chi connectivity index (χ4n) is 4.39. The van der Waals surface area contributed by atoms with E-state index in [1.165, 1.54) is 64.2 Å². The summed E-state index contributed by atoms with van der Waals surface area (Å²) in [5, 5.41) is 8.69. The molecule has 0 fully saturated rings. The SMILES string of the molecule is CCCCCCCCOc1ccc(/C=C/c2ccc(/C=C/c3ccc(OCCCCCCCC)cc3)nn2)cc1. The van der Waals surface area contributed by atoms with Crippen LogP contribution < -0.4 is 9.47 Å². The van der Waals surface area contributed by atoms with Gasteiger partial charge in [0.1, 0.15) is 11.5 Å². The van der Waals surface area contributed by atoms with Crippen molar-refractivity contribution in [2.75, 3.05) is 13.2 Å². The Hall–Kier alpha value is -3.40. The molecule has 3 rings (SSSR count). The average Bonchev–Trinajstić information content (AvgIpc) is 3.00. The molecule has 4 heteroatoms. The van der Waals surface area contributed by atoms with Crippen molar-refractivity contribution in [1.29, 1.82) is 0 Å². The minimum atomic E-state index is 0.788. The third-order valence-electron chi connectivity index (χ3n) is 6.89. The van der Waals surface area contributed by atoms with Gasteiger partial charge in [-0.2, -0.15) is 10.2 Å². The number of aromatic nitrogens is 2. The minimum Gasteiger partial charge on any atom is -0.494 e. The van der Waals surface area contributed by atoms with Crippen molar-refractivity contribution in [3.05, 3.63) is 83.2 Å². The third kappa shape index (κ3) is 13.1. The summed E-state index contributed by atoms with van der Waals surface area (Å²) in [7, 11) is 0. The van der Waals surface area contributed by atoms with E-state index in [4.69, 9.17) is 9.47 Å². The summed E-state index contributed by atoms with van der Waals surface area (Å²) in [6.07, 6.45) is 23.4. The molecule has 0 saturated carbocycles. The van der Waals surface area contributed by atoms with Crippen molar-refractivity contribution >= 4 is 24.3 Å². The van der Waals surface area contributed by atoms with Crippen LogP contribution in [0.25, 0.3) is 24.3 Å². The summed E-state index contributed by atoms with van der Waals surface area (Å²) in [5.41, 5.74) is 3.87. The predicted octanol–water partition coefficient (Wildman–Crippen LogP) is 10.3. The molecule has 0 atom stereocenters. The second-order valence-corrected chi connectivity index (χ2v) is 10.4. The summed E-state index contributed by atoms with van der Waals surface area (Å²) in [6.45, 7) is 6.08. The molecular formula is C36H48N2O2. The lowest BCUT2D eigenvalue weighted by molar-refractivity contribution is 0.304. The third-order valence-corrected chi connectivity index (χ3v) is 6.89. The van der Waals surface area contributed by atoms with Gasteiger partial charge in [0.05, 0.1) is 24.6 Å². The van der Waals surface area contributed by atoms with E-state index in [9.17, 15) is 0 Å². The zero-order valence-electron chi connectivity index (χ0n) is 24.7. The van der Waals surface area contributed by atoms with Gasteiger partial charge in [-0.15, -0.1) is 0 Å². The van der Waals surface area contributed by atoms with Crippen LogP contribution in [-0.2, 0) is 0 Å². The van der Waals surface area contributed by atoms with Gasteiger partial charge in [-0.3, -0.25) is 0 Å². The fraction of sp³-hybridized carbons (Fsp3) is 0.444. The van der Waals surface area contributed by atoms with Crippen LogP contribution in [-0.4, -0.2) is 23.4 Å². The lowest BCUT2D eigenvalue weighted by atomic mass is 10.1. The monoisotopic (exact) mass is 540 g/mol. The normalized spacial score (nSPS) is 11.4. The smallest absolute Gasteiger partial charge is 0.119 e. The molecule has 0 aliphatic rings. The summed E-state index contributed by atoms with van der Waals surface area (Å²) in [4.78, 5) is 0. The standard InChI is InChI=1S/C36H48N2O2/c1-3-5-7-9-11-13-29-39-35-25-17-31(18-26-35)15-21-33-23-24-34(38-37-33)22-16-32-19-27-36(28-20-32)40-30-14-12-10-8-6-4-2/h15-28H,3-14,29-30H2,1-2H3/b21-15+,22-16+. The molecule has 0 aliphatic heterocycles. The average molecular weight is 541 g/mol. The van der Waals surface area contributed by atoms with Crippen molar-refractivity contribution in [2.24, 2.45) is 0 Å². The second-order valence-electron chi connectivity index (χ2n) is 10.4. The molecule has 40 heavy (non-hydrogen) atoms. The van der Waals surface area contributed by atoms with Crippen LogP contribution in [0.3, 0.4) is 0 Å². The number of hydrogen-bond acceptors (Lipinski definition) is 4. The molecule has 1 aromatic heterocycles. The Morgan fingerprint density at radius 2 is 0.825 bits per heavy atom. The van der Waals surface area contributed by atoms with Gasteiger partial charge in [0.15, 0.2) is 0 Å². The zero-order chi connectivity index (χ0) is 28.1. The lowest BCUT2D eigenvalue weighted by Crippen LogP contribution is -1.97. The molecule has 4 nitrogen and oxygen atoms in total. The largest absolute Gasteiger partial charge is 0.494 e. The Balaban J connectivity index is 1.36. The number of unbranched alkanes of at least 4 members (excludes halogenated alkanes) is 10. The highest BCUT2D eigenvalue weighted by Gasteiger charge is 1.98. The van der Waals surface area contributed by atoms with Crippen LogP contribution in [0.15, 0.2) is 60.7 Å². The molecule has 1 heterocycles. The van der Waals surface area contributed by atoms with Gasteiger partial charge in [-0.05, 0) is 72.5 Å². The lowest BCUT2D eigenvalue weighted by Gasteiger charge is -2.06. The maximum absolute atomic E-state index is 5.88. The minimum absolute atomic E-state index is 0.788. The van der Waals surface area contributed by atoms with E-state index in [-0.39, 0.29) is 0 Å². The number of hydrogen-bond donors (Lipinski definition) is 0. The topological polar surface area (TPSA) is 44.2 Å². The van der Waals surface area contributed by atoms with Crippen LogP contribution >= 0.6 is 0 Å². The van der Waals surface area contributed by atoms with Crippen molar-refractivity contribution in [1.82, 2.24) is 10.2 Å². The Morgan fingerprint density at radius 1 is 0.450 bits per heavy atom. The van der Waals surface area contributed by atoms with E-state index < -0.39 is 0 Å². The van der Waals surface area contributed by atoms with E-state index in [1.807, 2.05) is 60.7 Å². The Kier molecular flexibility index (Phi) is 15.3. The summed E-state index contributed by atoms with van der Waals surface area (Å²) in [5.74, 6) is 1.86. The molecule has 2 aromatic carbocycles. The van der Waals surface area contributed by atoms with Crippen molar-refractivity contribution in [3.8, 4) is 11.5 Å². The molecule has 0 bridgehead atoms. The molecule has 0 saturated heterocycles. The first kappa shape index (κ1) is 31.1. The number of rotatable bonds is 20. The van der Waals surface area contributed by atoms with Crippen LogP contribution in [0.1, 0.15) is 113 Å². The van der Waals surface area contributed by atoms with Crippen molar-refractivity contribution < 1.29 is 9.47 Å². The van der Waals surface area contributed by atoms with Gasteiger partial charge in [0.2, 0.25) is 0 Å². The van der Waals surface area contributed by atoms with E-state index in [2.05, 4.69) is 48.3 Å². The van der Waals surface area contributed by atoms with Gasteiger partial charge in [-0.1, -0.05) is 114 Å². The van der Waals surface area contributed by atoms with Crippen LogP contribution in [0.5, 0.6) is 11.5 Å². The van der Waals surface area contributed by atoms with Gasteiger partial charge in [0.25, 0.3) is 0 Å². The quantitative estimate of drug-likeness (QED) is 0.134. The summed E-state index contributed by atoms with van der Waals surface area (Å²) in [6, 6.07) is 20.4. The highest BCUT2D eigenvalue weighted by atomic mass is 16.5. The predicted molar refractivity (Wildman–Crippen MR) is 171 cm³/mol. The highest BCUT2D eigenvalue weighted by Crippen LogP contribution is 2.17. The highest BCUT2D eigenvalue weighted by molar-refractivity contribution is 5.70. The van der Waals surface area contributed by atoms with Crippen LogP contribution in [0.2, 0.25) is 0 Å². The Labute approximate surface area is 242 Å². The van der Waals surface area contributed by atoms with Crippen LogP contribution in [0.4, 0.5) is 0 Å². The van der Waals surface area contributed by atoms with E-state index in [0.29, 0.717) is 0 Å². The molecule has 0 amide bonds. The van der Waals surface area contributed by atoms with Crippen LogP contribution in [0, 0.1) is 0 Å². The van der Waals surface area contributed by atoms with Crippen molar-refractivity contribution in [3.63, 3.8) is 0 Å². The van der Waals surface area contributed by atoms with E-state index >= 15 is 0 Å². The van der Waals surface area contributed by atoms with E-state index in [1.54, 1.807) is 0 Å². The first-order chi connectivity index (χ1) is 19.8. The number of benzene rings is 2. The molecule has 0 radical (unpaired) electrons. The Morgan fingerprint density at radius 3 is 1.20 bits per heavy atom. The maximum atomic E-state index is 5.88. The van der Waals surface area contributed by atoms with E-state index in [0.717, 1.165) is 60.1 Å². The Bertz CT molecular complexity index is 1010. The van der Waals surface area contributed by atoms with Crippen molar-refractivity contribution in [2.45, 2.75) is 90.9 Å². The molecule has 0 aliphatic carbocycles. The molecule has 0 spiro atoms. The first-order valence-corrected chi connectivity index (χ1v) is 15.4. The summed E-state index contributed by atoms with van der Waals surface area (Å²) >= 11 is 0. The van der Waals surface area contributed by atoms with Gasteiger partial charge < -0.3 is 9.47 Å². The first-order valence-electron chi connectivity index (χ1n) is 15.4. The zero-order valence-corrected chi connectivity index (χ0v) is 24.7. The second kappa shape index (κ2) is 19.6. The number of ether oxygens (including phenoxy) is 2. The fourth-order valence-corrected chi connectivity index (χ4v) is 4.39. The van der Waals surface area contributed by atoms with Gasteiger partial charge in [0, 0.05) is 0 Å². The molecular weight excluding hydrogens is 492 g/mol. The number of nitrogens with zero attached hydrogens (tertiary/aromatic N) is 2. The molecule has 0 N–H and O–H groups in total.